The third-order valence-corrected chi connectivity index (χ3v) is 2.63. The number of anilines is 1. The zero-order chi connectivity index (χ0) is 13.5. The van der Waals surface area contributed by atoms with Crippen molar-refractivity contribution in [1.29, 1.82) is 0 Å². The van der Waals surface area contributed by atoms with Gasteiger partial charge >= 0.3 is 0 Å². The van der Waals surface area contributed by atoms with E-state index < -0.39 is 0 Å². The van der Waals surface area contributed by atoms with Gasteiger partial charge in [0.25, 0.3) is 0 Å². The van der Waals surface area contributed by atoms with Crippen molar-refractivity contribution in [1.82, 2.24) is 4.90 Å². The van der Waals surface area contributed by atoms with Gasteiger partial charge in [-0.25, -0.2) is 0 Å². The fourth-order valence-corrected chi connectivity index (χ4v) is 1.83. The number of benzene rings is 2. The van der Waals surface area contributed by atoms with Crippen LogP contribution in [0, 0.1) is 0 Å². The molecule has 2 aromatic rings. The van der Waals surface area contributed by atoms with Crippen LogP contribution in [-0.4, -0.2) is 25.2 Å². The molecule has 98 valence electrons. The standard InChI is InChI=1S/C16H19N3/c1-19(2)13-15-8-6-7-14(11-15)12-17-18-16-9-4-3-5-10-16/h3-12,18H,13H2,1-2H3. The average Bonchev–Trinajstić information content (AvgIpc) is 2.40. The predicted octanol–water partition coefficient (Wildman–Crippen LogP) is 3.19. The number of nitrogens with zero attached hydrogens (tertiary/aromatic N) is 2. The van der Waals surface area contributed by atoms with Crippen LogP contribution < -0.4 is 5.43 Å². The SMILES string of the molecule is CN(C)Cc1cccc(C=NNc2ccccc2)c1. The van der Waals surface area contributed by atoms with E-state index in [-0.39, 0.29) is 0 Å². The van der Waals surface area contributed by atoms with E-state index in [1.165, 1.54) is 5.56 Å². The first-order chi connectivity index (χ1) is 9.24. The van der Waals surface area contributed by atoms with Crippen molar-refractivity contribution < 1.29 is 0 Å². The van der Waals surface area contributed by atoms with Gasteiger partial charge in [0.05, 0.1) is 11.9 Å². The number of hydrogen-bond acceptors (Lipinski definition) is 3. The van der Waals surface area contributed by atoms with Gasteiger partial charge in [-0.15, -0.1) is 0 Å². The fourth-order valence-electron chi connectivity index (χ4n) is 1.83. The molecule has 0 fully saturated rings. The lowest BCUT2D eigenvalue weighted by atomic mass is 10.1. The second-order valence-corrected chi connectivity index (χ2v) is 4.72. The van der Waals surface area contributed by atoms with Gasteiger partial charge in [-0.05, 0) is 43.4 Å². The van der Waals surface area contributed by atoms with Gasteiger partial charge < -0.3 is 4.90 Å². The second-order valence-electron chi connectivity index (χ2n) is 4.72. The molecule has 0 bridgehead atoms. The Kier molecular flexibility index (Phi) is 4.70. The summed E-state index contributed by atoms with van der Waals surface area (Å²) in [4.78, 5) is 2.15. The monoisotopic (exact) mass is 253 g/mol. The smallest absolute Gasteiger partial charge is 0.0561 e. The lowest BCUT2D eigenvalue weighted by Gasteiger charge is -2.09. The topological polar surface area (TPSA) is 27.6 Å². The maximum Gasteiger partial charge on any atom is 0.0561 e. The van der Waals surface area contributed by atoms with Gasteiger partial charge in [0.2, 0.25) is 0 Å². The molecule has 0 unspecified atom stereocenters. The van der Waals surface area contributed by atoms with Gasteiger partial charge in [-0.1, -0.05) is 36.4 Å². The lowest BCUT2D eigenvalue weighted by molar-refractivity contribution is 0.402. The van der Waals surface area contributed by atoms with Crippen LogP contribution in [0.25, 0.3) is 0 Å². The molecule has 2 aromatic carbocycles. The van der Waals surface area contributed by atoms with Crippen molar-refractivity contribution in [2.45, 2.75) is 6.54 Å². The second kappa shape index (κ2) is 6.71. The normalized spacial score (nSPS) is 11.1. The van der Waals surface area contributed by atoms with Gasteiger partial charge in [0.15, 0.2) is 0 Å². The number of hydrazone groups is 1. The first-order valence-corrected chi connectivity index (χ1v) is 6.32. The number of rotatable bonds is 5. The zero-order valence-electron chi connectivity index (χ0n) is 11.4. The molecule has 0 saturated carbocycles. The van der Waals surface area contributed by atoms with E-state index in [0.29, 0.717) is 0 Å². The summed E-state index contributed by atoms with van der Waals surface area (Å²) in [5, 5.41) is 4.24. The minimum Gasteiger partial charge on any atom is -0.305 e. The van der Waals surface area contributed by atoms with Crippen LogP contribution in [0.15, 0.2) is 59.7 Å². The van der Waals surface area contributed by atoms with E-state index in [1.54, 1.807) is 0 Å². The third-order valence-electron chi connectivity index (χ3n) is 2.63. The molecule has 0 aliphatic rings. The summed E-state index contributed by atoms with van der Waals surface area (Å²) in [5.41, 5.74) is 6.39. The van der Waals surface area contributed by atoms with Crippen LogP contribution in [0.4, 0.5) is 5.69 Å². The molecule has 0 aliphatic carbocycles. The summed E-state index contributed by atoms with van der Waals surface area (Å²) in [6.45, 7) is 0.938. The molecule has 0 heterocycles. The zero-order valence-corrected chi connectivity index (χ0v) is 11.4. The summed E-state index contributed by atoms with van der Waals surface area (Å²) < 4.78 is 0. The molecule has 0 aromatic heterocycles. The maximum absolute atomic E-state index is 4.24. The van der Waals surface area contributed by atoms with Crippen LogP contribution in [-0.2, 0) is 6.54 Å². The van der Waals surface area contributed by atoms with Crippen LogP contribution in [0.3, 0.4) is 0 Å². The van der Waals surface area contributed by atoms with Gasteiger partial charge in [0, 0.05) is 6.54 Å². The molecule has 0 spiro atoms. The highest BCUT2D eigenvalue weighted by molar-refractivity contribution is 5.80. The number of nitrogens with one attached hydrogen (secondary N) is 1. The van der Waals surface area contributed by atoms with Crippen LogP contribution >= 0.6 is 0 Å². The van der Waals surface area contributed by atoms with E-state index in [9.17, 15) is 0 Å². The van der Waals surface area contributed by atoms with Gasteiger partial charge in [-0.2, -0.15) is 5.10 Å². The highest BCUT2D eigenvalue weighted by Crippen LogP contribution is 2.07. The maximum atomic E-state index is 4.24. The summed E-state index contributed by atoms with van der Waals surface area (Å²) in [5.74, 6) is 0. The third kappa shape index (κ3) is 4.56. The Hall–Kier alpha value is -2.13. The van der Waals surface area contributed by atoms with E-state index in [2.05, 4.69) is 53.8 Å². The highest BCUT2D eigenvalue weighted by atomic mass is 15.3. The van der Waals surface area contributed by atoms with Crippen LogP contribution in [0.1, 0.15) is 11.1 Å². The minimum atomic E-state index is 0.938. The summed E-state index contributed by atoms with van der Waals surface area (Å²) in [7, 11) is 4.13. The number of hydrogen-bond donors (Lipinski definition) is 1. The molecular formula is C16H19N3. The van der Waals surface area contributed by atoms with Crippen LogP contribution in [0.5, 0.6) is 0 Å². The average molecular weight is 253 g/mol. The molecule has 0 aliphatic heterocycles. The quantitative estimate of drug-likeness (QED) is 0.654. The Balaban J connectivity index is 1.99. The molecule has 3 heteroatoms. The first-order valence-electron chi connectivity index (χ1n) is 6.32. The van der Waals surface area contributed by atoms with Crippen molar-refractivity contribution in [3.63, 3.8) is 0 Å². The van der Waals surface area contributed by atoms with Crippen molar-refractivity contribution >= 4 is 11.9 Å². The molecule has 0 atom stereocenters. The Bertz CT molecular complexity index is 533. The molecule has 1 N–H and O–H groups in total. The van der Waals surface area contributed by atoms with E-state index in [4.69, 9.17) is 0 Å². The Morgan fingerprint density at radius 2 is 1.84 bits per heavy atom. The highest BCUT2D eigenvalue weighted by Gasteiger charge is 1.96. The molecule has 3 nitrogen and oxygen atoms in total. The molecule has 0 radical (unpaired) electrons. The predicted molar refractivity (Wildman–Crippen MR) is 81.5 cm³/mol. The first kappa shape index (κ1) is 13.3. The number of para-hydroxylation sites is 1. The van der Waals surface area contributed by atoms with E-state index in [0.717, 1.165) is 17.8 Å². The Labute approximate surface area is 114 Å². The molecule has 2 rings (SSSR count). The van der Waals surface area contributed by atoms with Crippen molar-refractivity contribution in [2.75, 3.05) is 19.5 Å². The molecule has 0 amide bonds. The summed E-state index contributed by atoms with van der Waals surface area (Å²) in [6, 6.07) is 18.3. The lowest BCUT2D eigenvalue weighted by Crippen LogP contribution is -2.10. The van der Waals surface area contributed by atoms with Gasteiger partial charge in [0.1, 0.15) is 0 Å². The summed E-state index contributed by atoms with van der Waals surface area (Å²) in [6.07, 6.45) is 1.84. The Morgan fingerprint density at radius 1 is 1.05 bits per heavy atom. The van der Waals surface area contributed by atoms with Gasteiger partial charge in [-0.3, -0.25) is 5.43 Å². The van der Waals surface area contributed by atoms with E-state index >= 15 is 0 Å². The van der Waals surface area contributed by atoms with Crippen LogP contribution in [0.2, 0.25) is 0 Å². The minimum absolute atomic E-state index is 0.938. The largest absolute Gasteiger partial charge is 0.305 e. The molecular weight excluding hydrogens is 234 g/mol. The van der Waals surface area contributed by atoms with Crippen molar-refractivity contribution in [2.24, 2.45) is 5.10 Å². The van der Waals surface area contributed by atoms with Crippen molar-refractivity contribution in [3.05, 3.63) is 65.7 Å². The molecule has 0 saturated heterocycles. The Morgan fingerprint density at radius 3 is 2.58 bits per heavy atom. The van der Waals surface area contributed by atoms with E-state index in [1.807, 2.05) is 36.5 Å². The van der Waals surface area contributed by atoms with Crippen molar-refractivity contribution in [3.8, 4) is 0 Å². The molecule has 19 heavy (non-hydrogen) atoms. The summed E-state index contributed by atoms with van der Waals surface area (Å²) >= 11 is 0. The fraction of sp³-hybridized carbons (Fsp3) is 0.188.